The number of rotatable bonds is 4. The highest BCUT2D eigenvalue weighted by Gasteiger charge is 2.33. The Kier molecular flexibility index (Phi) is 3.52. The van der Waals surface area contributed by atoms with Crippen LogP contribution in [0.2, 0.25) is 0 Å². The molecule has 0 amide bonds. The fraction of sp³-hybridized carbons (Fsp3) is 0.833. The van der Waals surface area contributed by atoms with Gasteiger partial charge in [-0.25, -0.2) is 5.01 Å². The summed E-state index contributed by atoms with van der Waals surface area (Å²) >= 11 is 0. The van der Waals surface area contributed by atoms with E-state index in [-0.39, 0.29) is 0 Å². The Labute approximate surface area is 98.6 Å². The molecule has 0 aromatic rings. The monoisotopic (exact) mass is 224 g/mol. The number of likely N-dealkylation sites (N-methyl/N-ethyl adjacent to an activating group) is 1. The van der Waals surface area contributed by atoms with E-state index in [9.17, 15) is 0 Å². The first kappa shape index (κ1) is 11.9. The summed E-state index contributed by atoms with van der Waals surface area (Å²) < 4.78 is 0. The van der Waals surface area contributed by atoms with Crippen LogP contribution in [0.5, 0.6) is 0 Å². The van der Waals surface area contributed by atoms with Crippen molar-refractivity contribution in [1.82, 2.24) is 20.7 Å². The SMILES string of the molecule is CCC1=C(C)CN(C(C)N2CC(NC)C2)N1. The second-order valence-electron chi connectivity index (χ2n) is 4.92. The number of likely N-dealkylation sites (tertiary alicyclic amines) is 1. The fourth-order valence-electron chi connectivity index (χ4n) is 2.46. The highest BCUT2D eigenvalue weighted by molar-refractivity contribution is 5.16. The summed E-state index contributed by atoms with van der Waals surface area (Å²) in [6.45, 7) is 10.1. The Morgan fingerprint density at radius 2 is 2.19 bits per heavy atom. The number of hydrogen-bond acceptors (Lipinski definition) is 4. The smallest absolute Gasteiger partial charge is 0.0782 e. The number of nitrogens with zero attached hydrogens (tertiary/aromatic N) is 2. The molecule has 0 radical (unpaired) electrons. The lowest BCUT2D eigenvalue weighted by atomic mass is 10.1. The normalized spacial score (nSPS) is 25.8. The molecule has 0 aromatic heterocycles. The van der Waals surface area contributed by atoms with Crippen LogP contribution in [-0.2, 0) is 0 Å². The second-order valence-corrected chi connectivity index (χ2v) is 4.92. The number of hydrogen-bond donors (Lipinski definition) is 2. The van der Waals surface area contributed by atoms with Gasteiger partial charge in [0, 0.05) is 31.4 Å². The van der Waals surface area contributed by atoms with Crippen molar-refractivity contribution in [3.05, 3.63) is 11.3 Å². The topological polar surface area (TPSA) is 30.5 Å². The molecule has 4 heteroatoms. The molecule has 92 valence electrons. The van der Waals surface area contributed by atoms with E-state index >= 15 is 0 Å². The Morgan fingerprint density at radius 3 is 2.69 bits per heavy atom. The molecular formula is C12H24N4. The van der Waals surface area contributed by atoms with Gasteiger partial charge in [0.2, 0.25) is 0 Å². The van der Waals surface area contributed by atoms with Crippen molar-refractivity contribution >= 4 is 0 Å². The molecule has 0 saturated carbocycles. The minimum absolute atomic E-state index is 0.489. The molecule has 2 rings (SSSR count). The maximum absolute atomic E-state index is 3.52. The summed E-state index contributed by atoms with van der Waals surface area (Å²) in [5, 5.41) is 5.66. The average Bonchev–Trinajstić information content (AvgIpc) is 2.58. The van der Waals surface area contributed by atoms with Crippen molar-refractivity contribution < 1.29 is 0 Å². The summed E-state index contributed by atoms with van der Waals surface area (Å²) in [5.74, 6) is 0. The van der Waals surface area contributed by atoms with Crippen LogP contribution < -0.4 is 10.7 Å². The van der Waals surface area contributed by atoms with E-state index in [0.29, 0.717) is 12.2 Å². The molecule has 2 aliphatic rings. The van der Waals surface area contributed by atoms with Crippen LogP contribution in [0.25, 0.3) is 0 Å². The van der Waals surface area contributed by atoms with E-state index in [0.717, 1.165) is 26.1 Å². The van der Waals surface area contributed by atoms with Gasteiger partial charge in [-0.15, -0.1) is 0 Å². The largest absolute Gasteiger partial charge is 0.321 e. The van der Waals surface area contributed by atoms with E-state index in [1.165, 1.54) is 11.3 Å². The summed E-state index contributed by atoms with van der Waals surface area (Å²) in [6, 6.07) is 0.685. The molecule has 2 heterocycles. The van der Waals surface area contributed by atoms with Crippen molar-refractivity contribution in [2.45, 2.75) is 39.4 Å². The number of hydrazine groups is 1. The van der Waals surface area contributed by atoms with E-state index in [1.807, 2.05) is 7.05 Å². The van der Waals surface area contributed by atoms with Crippen molar-refractivity contribution in [2.24, 2.45) is 0 Å². The third-order valence-corrected chi connectivity index (χ3v) is 3.85. The minimum atomic E-state index is 0.489. The zero-order valence-electron chi connectivity index (χ0n) is 10.9. The predicted octanol–water partition coefficient (Wildman–Crippen LogP) is 0.740. The molecule has 16 heavy (non-hydrogen) atoms. The molecule has 1 fully saturated rings. The molecule has 0 aromatic carbocycles. The van der Waals surface area contributed by atoms with Gasteiger partial charge in [0.1, 0.15) is 0 Å². The van der Waals surface area contributed by atoms with Crippen LogP contribution >= 0.6 is 0 Å². The van der Waals surface area contributed by atoms with Crippen molar-refractivity contribution in [1.29, 1.82) is 0 Å². The Balaban J connectivity index is 1.83. The zero-order chi connectivity index (χ0) is 11.7. The quantitative estimate of drug-likeness (QED) is 0.737. The van der Waals surface area contributed by atoms with E-state index in [2.05, 4.69) is 41.4 Å². The number of allylic oxidation sites excluding steroid dienone is 1. The number of nitrogens with one attached hydrogen (secondary N) is 2. The standard InChI is InChI=1S/C12H24N4/c1-5-12-9(2)6-16(14-12)10(3)15-7-11(8-15)13-4/h10-11,13-14H,5-8H2,1-4H3. The molecule has 1 saturated heterocycles. The molecule has 2 N–H and O–H groups in total. The van der Waals surface area contributed by atoms with E-state index < -0.39 is 0 Å². The van der Waals surface area contributed by atoms with Crippen LogP contribution in [0, 0.1) is 0 Å². The van der Waals surface area contributed by atoms with Gasteiger partial charge in [-0.05, 0) is 32.9 Å². The van der Waals surface area contributed by atoms with Crippen LogP contribution in [0.3, 0.4) is 0 Å². The predicted molar refractivity (Wildman–Crippen MR) is 66.7 cm³/mol. The van der Waals surface area contributed by atoms with Crippen molar-refractivity contribution in [3.8, 4) is 0 Å². The summed E-state index contributed by atoms with van der Waals surface area (Å²) in [5.41, 5.74) is 6.41. The molecule has 0 aliphatic carbocycles. The maximum Gasteiger partial charge on any atom is 0.0782 e. The van der Waals surface area contributed by atoms with Gasteiger partial charge < -0.3 is 10.7 Å². The molecule has 0 spiro atoms. The molecule has 1 unspecified atom stereocenters. The Bertz CT molecular complexity index is 281. The third-order valence-electron chi connectivity index (χ3n) is 3.85. The lowest BCUT2D eigenvalue weighted by molar-refractivity contribution is -0.0151. The molecule has 2 aliphatic heterocycles. The van der Waals surface area contributed by atoms with Crippen LogP contribution in [0.4, 0.5) is 0 Å². The lowest BCUT2D eigenvalue weighted by Gasteiger charge is -2.45. The minimum Gasteiger partial charge on any atom is -0.321 e. The maximum atomic E-state index is 3.52. The summed E-state index contributed by atoms with van der Waals surface area (Å²) in [6.07, 6.45) is 1.59. The molecule has 0 bridgehead atoms. The van der Waals surface area contributed by atoms with E-state index in [4.69, 9.17) is 0 Å². The van der Waals surface area contributed by atoms with Gasteiger partial charge >= 0.3 is 0 Å². The molecule has 1 atom stereocenters. The van der Waals surface area contributed by atoms with Crippen LogP contribution in [0.1, 0.15) is 27.2 Å². The Morgan fingerprint density at radius 1 is 1.50 bits per heavy atom. The highest BCUT2D eigenvalue weighted by atomic mass is 15.6. The van der Waals surface area contributed by atoms with Crippen molar-refractivity contribution in [2.75, 3.05) is 26.7 Å². The van der Waals surface area contributed by atoms with Gasteiger partial charge in [-0.3, -0.25) is 4.90 Å². The summed E-state index contributed by atoms with van der Waals surface area (Å²) in [4.78, 5) is 2.50. The molecular weight excluding hydrogens is 200 g/mol. The fourth-order valence-corrected chi connectivity index (χ4v) is 2.46. The highest BCUT2D eigenvalue weighted by Crippen LogP contribution is 2.21. The van der Waals surface area contributed by atoms with E-state index in [1.54, 1.807) is 0 Å². The average molecular weight is 224 g/mol. The van der Waals surface area contributed by atoms with Gasteiger partial charge in [0.25, 0.3) is 0 Å². The lowest BCUT2D eigenvalue weighted by Crippen LogP contribution is -2.64. The first-order chi connectivity index (χ1) is 7.65. The second kappa shape index (κ2) is 4.73. The van der Waals surface area contributed by atoms with Crippen LogP contribution in [-0.4, -0.2) is 48.8 Å². The Hall–Kier alpha value is -0.580. The summed E-state index contributed by atoms with van der Waals surface area (Å²) in [7, 11) is 2.04. The van der Waals surface area contributed by atoms with Gasteiger partial charge in [0.15, 0.2) is 0 Å². The zero-order valence-corrected chi connectivity index (χ0v) is 10.9. The third kappa shape index (κ3) is 2.10. The van der Waals surface area contributed by atoms with Gasteiger partial charge in [-0.1, -0.05) is 6.92 Å². The van der Waals surface area contributed by atoms with Gasteiger partial charge in [-0.2, -0.15) is 0 Å². The van der Waals surface area contributed by atoms with Crippen molar-refractivity contribution in [3.63, 3.8) is 0 Å². The molecule has 4 nitrogen and oxygen atoms in total. The van der Waals surface area contributed by atoms with Gasteiger partial charge in [0.05, 0.1) is 6.17 Å². The van der Waals surface area contributed by atoms with Crippen LogP contribution in [0.15, 0.2) is 11.3 Å². The first-order valence-corrected chi connectivity index (χ1v) is 6.29. The first-order valence-electron chi connectivity index (χ1n) is 6.29.